The Labute approximate surface area is 288 Å². The number of amides is 2. The van der Waals surface area contributed by atoms with E-state index in [4.69, 9.17) is 9.47 Å². The number of benzene rings is 4. The molecule has 0 spiro atoms. The lowest BCUT2D eigenvalue weighted by atomic mass is 10.0. The van der Waals surface area contributed by atoms with Gasteiger partial charge >= 0.3 is 0 Å². The first-order chi connectivity index (χ1) is 23.4. The normalized spacial score (nSPS) is 12.5. The van der Waals surface area contributed by atoms with Gasteiger partial charge in [-0.1, -0.05) is 61.5 Å². The van der Waals surface area contributed by atoms with Crippen molar-refractivity contribution in [3.05, 3.63) is 119 Å². The van der Waals surface area contributed by atoms with E-state index < -0.39 is 40.2 Å². The van der Waals surface area contributed by atoms with Crippen LogP contribution in [0.25, 0.3) is 0 Å². The van der Waals surface area contributed by atoms with Crippen LogP contribution in [0.4, 0.5) is 10.1 Å². The van der Waals surface area contributed by atoms with Crippen LogP contribution in [0.2, 0.25) is 0 Å². The van der Waals surface area contributed by atoms with Crippen molar-refractivity contribution < 1.29 is 31.9 Å². The summed E-state index contributed by atoms with van der Waals surface area (Å²) < 4.78 is 55.9. The Morgan fingerprint density at radius 1 is 0.857 bits per heavy atom. The standard InChI is InChI=1S/C38H44FN3O6S/c1-7-28(4)40-38(44)34(22-29-13-9-8-10-14-29)41(24-30-15-11-12-16-33(30)39)37(43)25-42(31-20-26(2)19-27(3)21-31)49(45,46)32-17-18-35(47-5)36(23-32)48-6/h8-21,23,28,34H,7,22,24-25H2,1-6H3,(H,40,44)/t28-,34-/m1/s1. The molecule has 2 atom stereocenters. The highest BCUT2D eigenvalue weighted by molar-refractivity contribution is 7.92. The highest BCUT2D eigenvalue weighted by Gasteiger charge is 2.35. The molecular weight excluding hydrogens is 645 g/mol. The highest BCUT2D eigenvalue weighted by Crippen LogP contribution is 2.33. The zero-order chi connectivity index (χ0) is 35.7. The van der Waals surface area contributed by atoms with E-state index in [-0.39, 0.29) is 40.9 Å². The molecule has 4 aromatic rings. The maximum absolute atomic E-state index is 15.2. The summed E-state index contributed by atoms with van der Waals surface area (Å²) in [5.74, 6) is -1.13. The van der Waals surface area contributed by atoms with Crippen LogP contribution in [0, 0.1) is 19.7 Å². The van der Waals surface area contributed by atoms with Crippen molar-refractivity contribution in [2.75, 3.05) is 25.1 Å². The summed E-state index contributed by atoms with van der Waals surface area (Å²) in [5, 5.41) is 2.98. The molecule has 0 aliphatic rings. The number of aryl methyl sites for hydroxylation is 2. The predicted molar refractivity (Wildman–Crippen MR) is 189 cm³/mol. The Bertz CT molecular complexity index is 1850. The number of nitrogens with zero attached hydrogens (tertiary/aromatic N) is 2. The molecule has 0 aromatic heterocycles. The number of carbonyl (C=O) groups is 2. The molecule has 4 aromatic carbocycles. The molecule has 9 nitrogen and oxygen atoms in total. The number of ether oxygens (including phenoxy) is 2. The average Bonchev–Trinajstić information content (AvgIpc) is 3.08. The molecule has 0 aliphatic carbocycles. The van der Waals surface area contributed by atoms with Gasteiger partial charge in [0.05, 0.1) is 24.8 Å². The van der Waals surface area contributed by atoms with E-state index in [1.165, 1.54) is 43.4 Å². The summed E-state index contributed by atoms with van der Waals surface area (Å²) in [4.78, 5) is 29.8. The first-order valence-electron chi connectivity index (χ1n) is 16.1. The van der Waals surface area contributed by atoms with Crippen LogP contribution in [0.3, 0.4) is 0 Å². The lowest BCUT2D eigenvalue weighted by molar-refractivity contribution is -0.140. The number of hydrogen-bond acceptors (Lipinski definition) is 6. The Kier molecular flexibility index (Phi) is 12.4. The fourth-order valence-corrected chi connectivity index (χ4v) is 6.95. The Morgan fingerprint density at radius 2 is 1.49 bits per heavy atom. The number of hydrogen-bond donors (Lipinski definition) is 1. The first-order valence-corrected chi connectivity index (χ1v) is 17.5. The Balaban J connectivity index is 1.87. The summed E-state index contributed by atoms with van der Waals surface area (Å²) in [6.07, 6.45) is 0.768. The van der Waals surface area contributed by atoms with Gasteiger partial charge in [0.25, 0.3) is 10.0 Å². The molecule has 4 rings (SSSR count). The van der Waals surface area contributed by atoms with Crippen LogP contribution in [-0.4, -0.2) is 58.0 Å². The molecule has 260 valence electrons. The minimum Gasteiger partial charge on any atom is -0.493 e. The molecule has 0 bridgehead atoms. The molecule has 0 radical (unpaired) electrons. The van der Waals surface area contributed by atoms with Gasteiger partial charge in [-0.3, -0.25) is 13.9 Å². The lowest BCUT2D eigenvalue weighted by Gasteiger charge is -2.34. The summed E-state index contributed by atoms with van der Waals surface area (Å²) in [6, 6.07) is 23.4. The van der Waals surface area contributed by atoms with Gasteiger partial charge in [0.15, 0.2) is 11.5 Å². The third-order valence-electron chi connectivity index (χ3n) is 8.29. The largest absolute Gasteiger partial charge is 0.493 e. The lowest BCUT2D eigenvalue weighted by Crippen LogP contribution is -2.54. The van der Waals surface area contributed by atoms with E-state index in [0.717, 1.165) is 21.0 Å². The Hall–Kier alpha value is -4.90. The van der Waals surface area contributed by atoms with Gasteiger partial charge in [-0.05, 0) is 74.2 Å². The summed E-state index contributed by atoms with van der Waals surface area (Å²) in [7, 11) is -1.56. The zero-order valence-corrected chi connectivity index (χ0v) is 29.6. The van der Waals surface area contributed by atoms with Gasteiger partial charge in [0.1, 0.15) is 18.4 Å². The second kappa shape index (κ2) is 16.5. The Morgan fingerprint density at radius 3 is 2.10 bits per heavy atom. The van der Waals surface area contributed by atoms with Crippen molar-refractivity contribution in [3.8, 4) is 11.5 Å². The van der Waals surface area contributed by atoms with Crippen molar-refractivity contribution in [2.45, 2.75) is 64.1 Å². The van der Waals surface area contributed by atoms with E-state index in [1.807, 2.05) is 64.1 Å². The molecule has 11 heteroatoms. The van der Waals surface area contributed by atoms with Gasteiger partial charge < -0.3 is 19.7 Å². The number of methoxy groups -OCH3 is 2. The van der Waals surface area contributed by atoms with Crippen molar-refractivity contribution >= 4 is 27.5 Å². The predicted octanol–water partition coefficient (Wildman–Crippen LogP) is 6.21. The van der Waals surface area contributed by atoms with Crippen LogP contribution in [-0.2, 0) is 32.6 Å². The van der Waals surface area contributed by atoms with Crippen LogP contribution < -0.4 is 19.1 Å². The highest BCUT2D eigenvalue weighted by atomic mass is 32.2. The number of carbonyl (C=O) groups excluding carboxylic acids is 2. The van der Waals surface area contributed by atoms with Crippen molar-refractivity contribution in [2.24, 2.45) is 0 Å². The minimum atomic E-state index is -4.41. The van der Waals surface area contributed by atoms with Gasteiger partial charge in [-0.25, -0.2) is 12.8 Å². The van der Waals surface area contributed by atoms with Gasteiger partial charge in [0, 0.05) is 30.6 Å². The SMILES string of the molecule is CC[C@@H](C)NC(=O)[C@@H](Cc1ccccc1)N(Cc1ccccc1F)C(=O)CN(c1cc(C)cc(C)c1)S(=O)(=O)c1ccc(OC)c(OC)c1. The molecule has 2 amide bonds. The second-order valence-corrected chi connectivity index (χ2v) is 13.9. The number of nitrogens with one attached hydrogen (secondary N) is 1. The second-order valence-electron chi connectivity index (χ2n) is 12.0. The number of anilines is 1. The molecular formula is C38H44FN3O6S. The topological polar surface area (TPSA) is 105 Å². The monoisotopic (exact) mass is 689 g/mol. The molecule has 1 N–H and O–H groups in total. The van der Waals surface area contributed by atoms with E-state index in [0.29, 0.717) is 12.2 Å². The number of rotatable bonds is 15. The van der Waals surface area contributed by atoms with E-state index >= 15 is 4.39 Å². The van der Waals surface area contributed by atoms with E-state index in [2.05, 4.69) is 5.32 Å². The minimum absolute atomic E-state index is 0.120. The van der Waals surface area contributed by atoms with Crippen molar-refractivity contribution in [1.82, 2.24) is 10.2 Å². The summed E-state index contributed by atoms with van der Waals surface area (Å²) in [5.41, 5.74) is 2.80. The summed E-state index contributed by atoms with van der Waals surface area (Å²) >= 11 is 0. The number of halogens is 1. The summed E-state index contributed by atoms with van der Waals surface area (Å²) in [6.45, 7) is 6.51. The van der Waals surface area contributed by atoms with E-state index in [1.54, 1.807) is 30.3 Å². The van der Waals surface area contributed by atoms with Crippen molar-refractivity contribution in [1.29, 1.82) is 0 Å². The average molecular weight is 690 g/mol. The molecule has 49 heavy (non-hydrogen) atoms. The first kappa shape index (κ1) is 36.9. The third-order valence-corrected chi connectivity index (χ3v) is 10.1. The zero-order valence-electron chi connectivity index (χ0n) is 28.8. The fourth-order valence-electron chi connectivity index (χ4n) is 5.53. The maximum atomic E-state index is 15.2. The smallest absolute Gasteiger partial charge is 0.264 e. The van der Waals surface area contributed by atoms with Gasteiger partial charge in [-0.15, -0.1) is 0 Å². The van der Waals surface area contributed by atoms with E-state index in [9.17, 15) is 18.0 Å². The van der Waals surface area contributed by atoms with Crippen LogP contribution >= 0.6 is 0 Å². The molecule has 0 heterocycles. The van der Waals surface area contributed by atoms with Gasteiger partial charge in [0.2, 0.25) is 11.8 Å². The quantitative estimate of drug-likeness (QED) is 0.159. The van der Waals surface area contributed by atoms with Crippen LogP contribution in [0.15, 0.2) is 95.9 Å². The molecule has 0 saturated heterocycles. The van der Waals surface area contributed by atoms with Crippen LogP contribution in [0.5, 0.6) is 11.5 Å². The number of sulfonamides is 1. The van der Waals surface area contributed by atoms with Gasteiger partial charge in [-0.2, -0.15) is 0 Å². The maximum Gasteiger partial charge on any atom is 0.264 e. The molecule has 0 fully saturated rings. The molecule has 0 saturated carbocycles. The third kappa shape index (κ3) is 9.17. The van der Waals surface area contributed by atoms with Crippen molar-refractivity contribution in [3.63, 3.8) is 0 Å². The van der Waals surface area contributed by atoms with Crippen LogP contribution in [0.1, 0.15) is 42.5 Å². The molecule has 0 aliphatic heterocycles. The molecule has 0 unspecified atom stereocenters. The fraction of sp³-hybridized carbons (Fsp3) is 0.316.